The van der Waals surface area contributed by atoms with Crippen LogP contribution in [0.2, 0.25) is 0 Å². The largest absolute Gasteiger partial charge is 0.364 e. The second kappa shape index (κ2) is 3.06. The Morgan fingerprint density at radius 3 is 2.50 bits per heavy atom. The van der Waals surface area contributed by atoms with E-state index < -0.39 is 0 Å². The molecule has 0 N–H and O–H groups in total. The van der Waals surface area contributed by atoms with Crippen molar-refractivity contribution in [2.75, 3.05) is 0 Å². The summed E-state index contributed by atoms with van der Waals surface area (Å²) in [6, 6.07) is 0. The first kappa shape index (κ1) is 10.2. The molecule has 1 aliphatic heterocycles. The van der Waals surface area contributed by atoms with E-state index in [2.05, 4.69) is 20.8 Å². The number of aldehydes is 1. The molecular weight excluding hydrogens is 176 g/mol. The highest BCUT2D eigenvalue weighted by Crippen LogP contribution is 2.60. The molecule has 2 rings (SSSR count). The van der Waals surface area contributed by atoms with Crippen molar-refractivity contribution in [3.63, 3.8) is 0 Å². The molecular formula is C12H20O2. The maximum absolute atomic E-state index is 10.7. The predicted molar refractivity (Wildman–Crippen MR) is 55.1 cm³/mol. The van der Waals surface area contributed by atoms with Crippen molar-refractivity contribution >= 4 is 6.29 Å². The lowest BCUT2D eigenvalue weighted by Crippen LogP contribution is -2.41. The molecule has 2 nitrogen and oxygen atoms in total. The van der Waals surface area contributed by atoms with Crippen molar-refractivity contribution in [1.29, 1.82) is 0 Å². The minimum atomic E-state index is -0.148. The van der Waals surface area contributed by atoms with Crippen LogP contribution in [-0.2, 0) is 9.53 Å². The van der Waals surface area contributed by atoms with Crippen molar-refractivity contribution in [2.24, 2.45) is 11.3 Å². The van der Waals surface area contributed by atoms with E-state index in [1.165, 1.54) is 6.42 Å². The van der Waals surface area contributed by atoms with Crippen LogP contribution in [0.3, 0.4) is 0 Å². The molecule has 80 valence electrons. The van der Waals surface area contributed by atoms with Crippen LogP contribution in [0.15, 0.2) is 0 Å². The summed E-state index contributed by atoms with van der Waals surface area (Å²) in [6.45, 7) is 6.76. The zero-order chi connectivity index (χ0) is 10.4. The lowest BCUT2D eigenvalue weighted by molar-refractivity contribution is -0.150. The molecule has 1 saturated heterocycles. The number of carbonyl (C=O) groups is 1. The number of carbonyl (C=O) groups excluding carboxylic acids is 1. The first-order chi connectivity index (χ1) is 6.48. The summed E-state index contributed by atoms with van der Waals surface area (Å²) in [5, 5.41) is 0. The molecule has 1 heterocycles. The second-order valence-electron chi connectivity index (χ2n) is 5.74. The van der Waals surface area contributed by atoms with Gasteiger partial charge in [-0.05, 0) is 43.9 Å². The zero-order valence-corrected chi connectivity index (χ0v) is 9.38. The van der Waals surface area contributed by atoms with Gasteiger partial charge in [0.2, 0.25) is 0 Å². The Labute approximate surface area is 86.0 Å². The Balaban J connectivity index is 2.05. The first-order valence-corrected chi connectivity index (χ1v) is 5.61. The molecule has 0 bridgehead atoms. The molecule has 3 atom stereocenters. The van der Waals surface area contributed by atoms with Gasteiger partial charge in [-0.1, -0.05) is 13.8 Å². The zero-order valence-electron chi connectivity index (χ0n) is 9.38. The van der Waals surface area contributed by atoms with Crippen molar-refractivity contribution in [1.82, 2.24) is 0 Å². The van der Waals surface area contributed by atoms with Crippen LogP contribution in [-0.4, -0.2) is 18.0 Å². The van der Waals surface area contributed by atoms with Crippen molar-refractivity contribution in [3.8, 4) is 0 Å². The van der Waals surface area contributed by atoms with Crippen LogP contribution in [0.1, 0.15) is 46.5 Å². The maximum Gasteiger partial charge on any atom is 0.148 e. The third-order valence-electron chi connectivity index (χ3n) is 3.98. The van der Waals surface area contributed by atoms with Gasteiger partial charge in [-0.25, -0.2) is 0 Å². The van der Waals surface area contributed by atoms with E-state index in [1.54, 1.807) is 0 Å². The van der Waals surface area contributed by atoms with E-state index in [0.29, 0.717) is 11.3 Å². The van der Waals surface area contributed by atoms with Gasteiger partial charge in [0.25, 0.3) is 0 Å². The van der Waals surface area contributed by atoms with E-state index in [1.807, 2.05) is 0 Å². The van der Waals surface area contributed by atoms with Gasteiger partial charge >= 0.3 is 0 Å². The third kappa shape index (κ3) is 1.60. The maximum atomic E-state index is 10.7. The monoisotopic (exact) mass is 196 g/mol. The average molecular weight is 196 g/mol. The molecule has 14 heavy (non-hydrogen) atoms. The minimum Gasteiger partial charge on any atom is -0.364 e. The van der Waals surface area contributed by atoms with Gasteiger partial charge < -0.3 is 9.53 Å². The van der Waals surface area contributed by atoms with Crippen molar-refractivity contribution < 1.29 is 9.53 Å². The van der Waals surface area contributed by atoms with Crippen LogP contribution < -0.4 is 0 Å². The molecule has 0 radical (unpaired) electrons. The fourth-order valence-corrected chi connectivity index (χ4v) is 2.98. The molecule has 2 aliphatic rings. The van der Waals surface area contributed by atoms with Gasteiger partial charge in [0, 0.05) is 0 Å². The number of rotatable bonds is 2. The highest BCUT2D eigenvalue weighted by Gasteiger charge is 2.57. The van der Waals surface area contributed by atoms with E-state index in [-0.39, 0.29) is 11.7 Å². The van der Waals surface area contributed by atoms with E-state index in [4.69, 9.17) is 4.74 Å². The highest BCUT2D eigenvalue weighted by molar-refractivity contribution is 5.56. The summed E-state index contributed by atoms with van der Waals surface area (Å²) >= 11 is 0. The van der Waals surface area contributed by atoms with E-state index in [0.717, 1.165) is 25.5 Å². The van der Waals surface area contributed by atoms with Crippen LogP contribution in [0.25, 0.3) is 0 Å². The fourth-order valence-electron chi connectivity index (χ4n) is 2.98. The average Bonchev–Trinajstić information content (AvgIpc) is 2.76. The summed E-state index contributed by atoms with van der Waals surface area (Å²) in [5.41, 5.74) is 0.396. The summed E-state index contributed by atoms with van der Waals surface area (Å²) in [4.78, 5) is 10.7. The topological polar surface area (TPSA) is 26.3 Å². The molecule has 2 fully saturated rings. The fraction of sp³-hybridized carbons (Fsp3) is 0.917. The molecule has 1 saturated carbocycles. The SMILES string of the molecule is CC1(C)CC1C1(C)CCCC(C=O)O1. The number of ether oxygens (including phenoxy) is 1. The number of hydrogen-bond acceptors (Lipinski definition) is 2. The van der Waals surface area contributed by atoms with Gasteiger partial charge in [-0.3, -0.25) is 0 Å². The Kier molecular flexibility index (Phi) is 2.22. The van der Waals surface area contributed by atoms with Gasteiger partial charge in [0.1, 0.15) is 12.4 Å². The smallest absolute Gasteiger partial charge is 0.148 e. The predicted octanol–water partition coefficient (Wildman–Crippen LogP) is 2.56. The van der Waals surface area contributed by atoms with Crippen molar-refractivity contribution in [3.05, 3.63) is 0 Å². The van der Waals surface area contributed by atoms with Gasteiger partial charge in [-0.15, -0.1) is 0 Å². The van der Waals surface area contributed by atoms with Crippen LogP contribution in [0.5, 0.6) is 0 Å². The lowest BCUT2D eigenvalue weighted by Gasteiger charge is -2.38. The Bertz CT molecular complexity index is 247. The molecule has 0 aromatic rings. The Morgan fingerprint density at radius 2 is 2.00 bits per heavy atom. The van der Waals surface area contributed by atoms with Crippen LogP contribution in [0, 0.1) is 11.3 Å². The molecule has 0 spiro atoms. The minimum absolute atomic E-state index is 0.0344. The summed E-state index contributed by atoms with van der Waals surface area (Å²) in [5.74, 6) is 0.651. The number of hydrogen-bond donors (Lipinski definition) is 0. The molecule has 0 amide bonds. The molecule has 1 aliphatic carbocycles. The third-order valence-corrected chi connectivity index (χ3v) is 3.98. The first-order valence-electron chi connectivity index (χ1n) is 5.61. The Hall–Kier alpha value is -0.370. The normalized spacial score (nSPS) is 45.9. The molecule has 2 heteroatoms. The summed E-state index contributed by atoms with van der Waals surface area (Å²) in [7, 11) is 0. The second-order valence-corrected chi connectivity index (χ2v) is 5.74. The van der Waals surface area contributed by atoms with E-state index in [9.17, 15) is 4.79 Å². The highest BCUT2D eigenvalue weighted by atomic mass is 16.5. The molecule has 0 aromatic carbocycles. The van der Waals surface area contributed by atoms with Crippen LogP contribution in [0.4, 0.5) is 0 Å². The summed E-state index contributed by atoms with van der Waals surface area (Å²) in [6.07, 6.45) is 5.22. The Morgan fingerprint density at radius 1 is 1.36 bits per heavy atom. The van der Waals surface area contributed by atoms with Gasteiger partial charge in [-0.2, -0.15) is 0 Å². The standard InChI is InChI=1S/C12H20O2/c1-11(2)7-10(11)12(3)6-4-5-9(8-13)14-12/h8-10H,4-7H2,1-3H3. The molecule has 3 unspecified atom stereocenters. The van der Waals surface area contributed by atoms with Gasteiger partial charge in [0.15, 0.2) is 0 Å². The molecule has 0 aromatic heterocycles. The quantitative estimate of drug-likeness (QED) is 0.634. The van der Waals surface area contributed by atoms with E-state index >= 15 is 0 Å². The summed E-state index contributed by atoms with van der Waals surface area (Å²) < 4.78 is 5.91. The lowest BCUT2D eigenvalue weighted by atomic mass is 9.86. The van der Waals surface area contributed by atoms with Crippen LogP contribution >= 0.6 is 0 Å². The van der Waals surface area contributed by atoms with Gasteiger partial charge in [0.05, 0.1) is 5.60 Å². The van der Waals surface area contributed by atoms with Crippen molar-refractivity contribution in [2.45, 2.75) is 58.2 Å².